The van der Waals surface area contributed by atoms with Gasteiger partial charge in [-0.2, -0.15) is 0 Å². The van der Waals surface area contributed by atoms with Crippen molar-refractivity contribution in [3.63, 3.8) is 0 Å². The predicted molar refractivity (Wildman–Crippen MR) is 86.1 cm³/mol. The van der Waals surface area contributed by atoms with Crippen LogP contribution < -0.4 is 0 Å². The fraction of sp³-hybridized carbons (Fsp3) is 0.588. The summed E-state index contributed by atoms with van der Waals surface area (Å²) in [6, 6.07) is 7.27. The lowest BCUT2D eigenvalue weighted by Crippen LogP contribution is -2.40. The van der Waals surface area contributed by atoms with Crippen molar-refractivity contribution in [2.45, 2.75) is 38.7 Å². The van der Waals surface area contributed by atoms with Gasteiger partial charge in [0, 0.05) is 31.7 Å². The van der Waals surface area contributed by atoms with Gasteiger partial charge in [-0.25, -0.2) is 0 Å². The number of halogens is 1. The molecule has 4 heteroatoms. The van der Waals surface area contributed by atoms with Gasteiger partial charge in [0.1, 0.15) is 0 Å². The summed E-state index contributed by atoms with van der Waals surface area (Å²) in [5.74, 6) is 0.122. The molecule has 0 aliphatic carbocycles. The second-order valence-electron chi connectivity index (χ2n) is 5.59. The van der Waals surface area contributed by atoms with Crippen molar-refractivity contribution in [3.8, 4) is 0 Å². The standard InChI is InChI=1S/C17H24ClNO2/c1-2-12-21-14-6-5-10-19(13-14)11-9-17(20)15-7-3-4-8-16(15)18/h3-4,7-8,14H,2,5-6,9-13H2,1H3. The zero-order valence-electron chi connectivity index (χ0n) is 12.7. The van der Waals surface area contributed by atoms with E-state index in [2.05, 4.69) is 11.8 Å². The lowest BCUT2D eigenvalue weighted by atomic mass is 10.1. The number of hydrogen-bond acceptors (Lipinski definition) is 3. The van der Waals surface area contributed by atoms with E-state index in [1.165, 1.54) is 0 Å². The minimum absolute atomic E-state index is 0.122. The summed E-state index contributed by atoms with van der Waals surface area (Å²) < 4.78 is 5.83. The fourth-order valence-corrected chi connectivity index (χ4v) is 2.96. The number of piperidine rings is 1. The molecular formula is C17H24ClNO2. The van der Waals surface area contributed by atoms with Crippen molar-refractivity contribution >= 4 is 17.4 Å². The van der Waals surface area contributed by atoms with Gasteiger partial charge in [0.25, 0.3) is 0 Å². The number of carbonyl (C=O) groups is 1. The maximum Gasteiger partial charge on any atom is 0.165 e. The van der Waals surface area contributed by atoms with Crippen LogP contribution in [0.4, 0.5) is 0 Å². The fourth-order valence-electron chi connectivity index (χ4n) is 2.72. The van der Waals surface area contributed by atoms with E-state index in [4.69, 9.17) is 16.3 Å². The first-order valence-electron chi connectivity index (χ1n) is 7.82. The van der Waals surface area contributed by atoms with Gasteiger partial charge in [0.05, 0.1) is 11.1 Å². The van der Waals surface area contributed by atoms with Crippen LogP contribution in [-0.2, 0) is 4.74 Å². The molecule has 1 aromatic carbocycles. The SMILES string of the molecule is CCCOC1CCCN(CCC(=O)c2ccccc2Cl)C1. The molecule has 2 rings (SSSR count). The first-order chi connectivity index (χ1) is 10.2. The Hall–Kier alpha value is -0.900. The average molecular weight is 310 g/mol. The molecule has 0 radical (unpaired) electrons. The van der Waals surface area contributed by atoms with Crippen LogP contribution >= 0.6 is 11.6 Å². The van der Waals surface area contributed by atoms with Crippen LogP contribution in [0.25, 0.3) is 0 Å². The second kappa shape index (κ2) is 8.52. The van der Waals surface area contributed by atoms with E-state index in [1.54, 1.807) is 12.1 Å². The van der Waals surface area contributed by atoms with Crippen LogP contribution in [0.2, 0.25) is 5.02 Å². The maximum atomic E-state index is 12.2. The van der Waals surface area contributed by atoms with Crippen molar-refractivity contribution in [1.29, 1.82) is 0 Å². The van der Waals surface area contributed by atoms with Gasteiger partial charge < -0.3 is 9.64 Å². The molecule has 0 amide bonds. The average Bonchev–Trinajstić information content (AvgIpc) is 2.51. The van der Waals surface area contributed by atoms with E-state index < -0.39 is 0 Å². The monoisotopic (exact) mass is 309 g/mol. The Kier molecular flexibility index (Phi) is 6.68. The summed E-state index contributed by atoms with van der Waals surface area (Å²) in [4.78, 5) is 14.6. The molecule has 1 aliphatic rings. The van der Waals surface area contributed by atoms with Gasteiger partial charge in [-0.05, 0) is 37.9 Å². The molecule has 0 spiro atoms. The van der Waals surface area contributed by atoms with Crippen LogP contribution in [0, 0.1) is 0 Å². The number of ether oxygens (including phenoxy) is 1. The van der Waals surface area contributed by atoms with Crippen molar-refractivity contribution in [2.24, 2.45) is 0 Å². The van der Waals surface area contributed by atoms with Crippen molar-refractivity contribution in [2.75, 3.05) is 26.2 Å². The number of ketones is 1. The molecule has 1 fully saturated rings. The summed E-state index contributed by atoms with van der Waals surface area (Å²) in [5.41, 5.74) is 0.634. The Morgan fingerprint density at radius 2 is 2.24 bits per heavy atom. The summed E-state index contributed by atoms with van der Waals surface area (Å²) in [6.45, 7) is 5.74. The molecule has 1 aromatic rings. The van der Waals surface area contributed by atoms with Crippen LogP contribution in [0.1, 0.15) is 43.0 Å². The Bertz CT molecular complexity index is 464. The molecule has 1 saturated heterocycles. The first kappa shape index (κ1) is 16.5. The highest BCUT2D eigenvalue weighted by atomic mass is 35.5. The summed E-state index contributed by atoms with van der Waals surface area (Å²) in [6.07, 6.45) is 4.18. The molecular weight excluding hydrogens is 286 g/mol. The number of Topliss-reactive ketones (excluding diaryl/α,β-unsaturated/α-hetero) is 1. The van der Waals surface area contributed by atoms with Crippen molar-refractivity contribution in [1.82, 2.24) is 4.90 Å². The minimum Gasteiger partial charge on any atom is -0.377 e. The molecule has 1 unspecified atom stereocenters. The zero-order chi connectivity index (χ0) is 15.1. The Morgan fingerprint density at radius 1 is 1.43 bits per heavy atom. The van der Waals surface area contributed by atoms with E-state index in [0.29, 0.717) is 23.1 Å². The molecule has 0 saturated carbocycles. The topological polar surface area (TPSA) is 29.5 Å². The molecule has 116 valence electrons. The number of benzene rings is 1. The quantitative estimate of drug-likeness (QED) is 0.717. The van der Waals surface area contributed by atoms with E-state index in [0.717, 1.165) is 45.5 Å². The van der Waals surface area contributed by atoms with Gasteiger partial charge in [0.2, 0.25) is 0 Å². The lowest BCUT2D eigenvalue weighted by Gasteiger charge is -2.32. The summed E-state index contributed by atoms with van der Waals surface area (Å²) >= 11 is 6.07. The van der Waals surface area contributed by atoms with E-state index in [9.17, 15) is 4.79 Å². The van der Waals surface area contributed by atoms with E-state index >= 15 is 0 Å². The normalized spacial score (nSPS) is 19.6. The molecule has 1 atom stereocenters. The molecule has 0 N–H and O–H groups in total. The van der Waals surface area contributed by atoms with Gasteiger partial charge in [-0.15, -0.1) is 0 Å². The third-order valence-corrected chi connectivity index (χ3v) is 4.18. The molecule has 0 bridgehead atoms. The van der Waals surface area contributed by atoms with Crippen LogP contribution in [-0.4, -0.2) is 43.0 Å². The number of hydrogen-bond donors (Lipinski definition) is 0. The zero-order valence-corrected chi connectivity index (χ0v) is 13.4. The number of carbonyl (C=O) groups excluding carboxylic acids is 1. The highest BCUT2D eigenvalue weighted by molar-refractivity contribution is 6.33. The minimum atomic E-state index is 0.122. The highest BCUT2D eigenvalue weighted by Gasteiger charge is 2.21. The van der Waals surface area contributed by atoms with Gasteiger partial charge >= 0.3 is 0 Å². The summed E-state index contributed by atoms with van der Waals surface area (Å²) in [7, 11) is 0. The van der Waals surface area contributed by atoms with Gasteiger partial charge in [-0.1, -0.05) is 30.7 Å². The lowest BCUT2D eigenvalue weighted by molar-refractivity contribution is -0.0000194. The third kappa shape index (κ3) is 5.10. The molecule has 3 nitrogen and oxygen atoms in total. The predicted octanol–water partition coefficient (Wildman–Crippen LogP) is 3.80. The maximum absolute atomic E-state index is 12.2. The van der Waals surface area contributed by atoms with E-state index in [-0.39, 0.29) is 5.78 Å². The number of nitrogens with zero attached hydrogens (tertiary/aromatic N) is 1. The number of rotatable bonds is 7. The Labute approximate surface area is 132 Å². The third-order valence-electron chi connectivity index (χ3n) is 3.85. The second-order valence-corrected chi connectivity index (χ2v) is 6.00. The van der Waals surface area contributed by atoms with Crippen LogP contribution in [0.5, 0.6) is 0 Å². The van der Waals surface area contributed by atoms with Gasteiger partial charge in [-0.3, -0.25) is 4.79 Å². The van der Waals surface area contributed by atoms with Crippen molar-refractivity contribution in [3.05, 3.63) is 34.9 Å². The Balaban J connectivity index is 1.80. The smallest absolute Gasteiger partial charge is 0.165 e. The van der Waals surface area contributed by atoms with Crippen LogP contribution in [0.3, 0.4) is 0 Å². The highest BCUT2D eigenvalue weighted by Crippen LogP contribution is 2.18. The largest absolute Gasteiger partial charge is 0.377 e. The van der Waals surface area contributed by atoms with Crippen LogP contribution in [0.15, 0.2) is 24.3 Å². The Morgan fingerprint density at radius 3 is 3.00 bits per heavy atom. The molecule has 0 aromatic heterocycles. The first-order valence-corrected chi connectivity index (χ1v) is 8.20. The number of likely N-dealkylation sites (tertiary alicyclic amines) is 1. The molecule has 1 aliphatic heterocycles. The molecule has 1 heterocycles. The van der Waals surface area contributed by atoms with Crippen molar-refractivity contribution < 1.29 is 9.53 Å². The van der Waals surface area contributed by atoms with Gasteiger partial charge in [0.15, 0.2) is 5.78 Å². The molecule has 21 heavy (non-hydrogen) atoms. The van der Waals surface area contributed by atoms with E-state index in [1.807, 2.05) is 12.1 Å². The summed E-state index contributed by atoms with van der Waals surface area (Å²) in [5, 5.41) is 0.547.